The molecule has 1 aromatic heterocycles. The summed E-state index contributed by atoms with van der Waals surface area (Å²) in [6.07, 6.45) is 4.40. The van der Waals surface area contributed by atoms with Crippen LogP contribution in [0.2, 0.25) is 0 Å². The van der Waals surface area contributed by atoms with Gasteiger partial charge in [0, 0.05) is 0 Å². The molecular formula is C18H19NO4. The fraction of sp³-hybridized carbons (Fsp3) is 0.333. The van der Waals surface area contributed by atoms with E-state index in [1.54, 1.807) is 6.92 Å². The van der Waals surface area contributed by atoms with Crippen LogP contribution in [0.25, 0.3) is 0 Å². The van der Waals surface area contributed by atoms with Crippen LogP contribution in [0.1, 0.15) is 46.1 Å². The van der Waals surface area contributed by atoms with Crippen molar-refractivity contribution in [2.45, 2.75) is 32.2 Å². The van der Waals surface area contributed by atoms with Crippen LogP contribution in [0, 0.1) is 6.92 Å². The first-order valence-electron chi connectivity index (χ1n) is 7.73. The summed E-state index contributed by atoms with van der Waals surface area (Å²) in [5, 5.41) is 2.95. The smallest absolute Gasteiger partial charge is 0.342 e. The predicted octanol–water partition coefficient (Wildman–Crippen LogP) is 2.94. The van der Waals surface area contributed by atoms with Gasteiger partial charge in [0.05, 0.1) is 12.3 Å². The summed E-state index contributed by atoms with van der Waals surface area (Å²) in [5.74, 6) is -0.353. The highest BCUT2D eigenvalue weighted by Gasteiger charge is 2.22. The molecule has 1 heterocycles. The highest BCUT2D eigenvalue weighted by molar-refractivity contribution is 5.92. The Morgan fingerprint density at radius 2 is 2.13 bits per heavy atom. The van der Waals surface area contributed by atoms with E-state index in [4.69, 9.17) is 9.15 Å². The molecule has 120 valence electrons. The average Bonchev–Trinajstić information content (AvgIpc) is 2.99. The molecule has 5 heteroatoms. The number of esters is 1. The number of amides is 1. The van der Waals surface area contributed by atoms with Crippen molar-refractivity contribution in [1.29, 1.82) is 0 Å². The van der Waals surface area contributed by atoms with E-state index in [0.717, 1.165) is 24.8 Å². The molecule has 1 N–H and O–H groups in total. The average molecular weight is 313 g/mol. The van der Waals surface area contributed by atoms with Crippen LogP contribution in [0.3, 0.4) is 0 Å². The second-order valence-corrected chi connectivity index (χ2v) is 5.68. The van der Waals surface area contributed by atoms with Crippen molar-refractivity contribution >= 4 is 11.9 Å². The SMILES string of the molecule is Cc1occc1C(=O)OCC(=O)N[C@@H]1CCCc2ccccc21. The number of aryl methyl sites for hydroxylation is 2. The Morgan fingerprint density at radius 1 is 1.30 bits per heavy atom. The lowest BCUT2D eigenvalue weighted by Crippen LogP contribution is -2.34. The van der Waals surface area contributed by atoms with Gasteiger partial charge in [-0.3, -0.25) is 4.79 Å². The minimum atomic E-state index is -0.546. The molecule has 0 spiro atoms. The molecule has 5 nitrogen and oxygen atoms in total. The van der Waals surface area contributed by atoms with Crippen molar-refractivity contribution < 1.29 is 18.7 Å². The minimum absolute atomic E-state index is 0.0122. The van der Waals surface area contributed by atoms with Crippen LogP contribution >= 0.6 is 0 Å². The zero-order valence-corrected chi connectivity index (χ0v) is 13.0. The third-order valence-electron chi connectivity index (χ3n) is 4.12. The van der Waals surface area contributed by atoms with Gasteiger partial charge in [0.15, 0.2) is 6.61 Å². The summed E-state index contributed by atoms with van der Waals surface area (Å²) in [7, 11) is 0. The molecule has 2 aromatic rings. The monoisotopic (exact) mass is 313 g/mol. The summed E-state index contributed by atoms with van der Waals surface area (Å²) >= 11 is 0. The molecule has 1 aromatic carbocycles. The summed E-state index contributed by atoms with van der Waals surface area (Å²) in [4.78, 5) is 23.9. The second kappa shape index (κ2) is 6.69. The normalized spacial score (nSPS) is 16.5. The van der Waals surface area contributed by atoms with E-state index in [1.807, 2.05) is 18.2 Å². The van der Waals surface area contributed by atoms with Gasteiger partial charge in [-0.15, -0.1) is 0 Å². The maximum absolute atomic E-state index is 12.1. The van der Waals surface area contributed by atoms with Crippen molar-refractivity contribution in [2.24, 2.45) is 0 Å². The van der Waals surface area contributed by atoms with Gasteiger partial charge in [0.25, 0.3) is 5.91 Å². The molecule has 0 saturated carbocycles. The van der Waals surface area contributed by atoms with Gasteiger partial charge in [-0.25, -0.2) is 4.79 Å². The molecule has 1 aliphatic carbocycles. The number of hydrogen-bond acceptors (Lipinski definition) is 4. The second-order valence-electron chi connectivity index (χ2n) is 5.68. The lowest BCUT2D eigenvalue weighted by atomic mass is 9.88. The van der Waals surface area contributed by atoms with Crippen LogP contribution in [0.15, 0.2) is 41.0 Å². The van der Waals surface area contributed by atoms with E-state index < -0.39 is 5.97 Å². The maximum Gasteiger partial charge on any atom is 0.342 e. The first-order valence-corrected chi connectivity index (χ1v) is 7.73. The molecule has 0 radical (unpaired) electrons. The van der Waals surface area contributed by atoms with Gasteiger partial charge in [-0.1, -0.05) is 24.3 Å². The highest BCUT2D eigenvalue weighted by Crippen LogP contribution is 2.29. The quantitative estimate of drug-likeness (QED) is 0.881. The molecule has 1 amide bonds. The lowest BCUT2D eigenvalue weighted by molar-refractivity contribution is -0.125. The van der Waals surface area contributed by atoms with E-state index in [0.29, 0.717) is 11.3 Å². The number of fused-ring (bicyclic) bond motifs is 1. The van der Waals surface area contributed by atoms with E-state index in [9.17, 15) is 9.59 Å². The van der Waals surface area contributed by atoms with Crippen molar-refractivity contribution in [2.75, 3.05) is 6.61 Å². The Hall–Kier alpha value is -2.56. The molecule has 0 saturated heterocycles. The molecule has 1 aliphatic rings. The van der Waals surface area contributed by atoms with Crippen molar-refractivity contribution in [3.8, 4) is 0 Å². The molecule has 1 atom stereocenters. The van der Waals surface area contributed by atoms with Gasteiger partial charge in [0.1, 0.15) is 11.3 Å². The van der Waals surface area contributed by atoms with E-state index in [1.165, 1.54) is 17.9 Å². The van der Waals surface area contributed by atoms with E-state index in [-0.39, 0.29) is 18.6 Å². The van der Waals surface area contributed by atoms with Crippen molar-refractivity contribution in [3.05, 3.63) is 59.0 Å². The number of carbonyl (C=O) groups is 2. The Bertz CT molecular complexity index is 719. The van der Waals surface area contributed by atoms with Crippen molar-refractivity contribution in [1.82, 2.24) is 5.32 Å². The third-order valence-corrected chi connectivity index (χ3v) is 4.12. The van der Waals surface area contributed by atoms with Gasteiger partial charge < -0.3 is 14.5 Å². The lowest BCUT2D eigenvalue weighted by Gasteiger charge is -2.26. The zero-order chi connectivity index (χ0) is 16.2. The summed E-state index contributed by atoms with van der Waals surface area (Å²) < 4.78 is 10.1. The molecule has 23 heavy (non-hydrogen) atoms. The Kier molecular flexibility index (Phi) is 4.46. The van der Waals surface area contributed by atoms with Crippen LogP contribution in [-0.4, -0.2) is 18.5 Å². The standard InChI is InChI=1S/C18H19NO4/c1-12-14(9-10-22-12)18(21)23-11-17(20)19-16-8-4-6-13-5-2-3-7-15(13)16/h2-3,5,7,9-10,16H,4,6,8,11H2,1H3,(H,19,20)/t16-/m1/s1. The van der Waals surface area contributed by atoms with Crippen LogP contribution in [-0.2, 0) is 16.0 Å². The Morgan fingerprint density at radius 3 is 2.91 bits per heavy atom. The third kappa shape index (κ3) is 3.44. The highest BCUT2D eigenvalue weighted by atomic mass is 16.5. The first-order chi connectivity index (χ1) is 11.1. The van der Waals surface area contributed by atoms with Gasteiger partial charge in [-0.2, -0.15) is 0 Å². The van der Waals surface area contributed by atoms with Crippen LogP contribution in [0.4, 0.5) is 0 Å². The fourth-order valence-corrected chi connectivity index (χ4v) is 2.95. The minimum Gasteiger partial charge on any atom is -0.469 e. The maximum atomic E-state index is 12.1. The number of nitrogens with one attached hydrogen (secondary N) is 1. The Balaban J connectivity index is 1.56. The van der Waals surface area contributed by atoms with E-state index in [2.05, 4.69) is 11.4 Å². The largest absolute Gasteiger partial charge is 0.469 e. The van der Waals surface area contributed by atoms with E-state index >= 15 is 0 Å². The van der Waals surface area contributed by atoms with Gasteiger partial charge in [-0.05, 0) is 43.4 Å². The van der Waals surface area contributed by atoms with Crippen LogP contribution in [0.5, 0.6) is 0 Å². The molecule has 0 aliphatic heterocycles. The summed E-state index contributed by atoms with van der Waals surface area (Å²) in [5.41, 5.74) is 2.78. The number of ether oxygens (including phenoxy) is 1. The molecule has 0 unspecified atom stereocenters. The van der Waals surface area contributed by atoms with Crippen LogP contribution < -0.4 is 5.32 Å². The first kappa shape index (κ1) is 15.3. The summed E-state index contributed by atoms with van der Waals surface area (Å²) in [6.45, 7) is 1.39. The predicted molar refractivity (Wildman–Crippen MR) is 84.0 cm³/mol. The number of carbonyl (C=O) groups excluding carboxylic acids is 2. The number of furan rings is 1. The number of hydrogen-bond donors (Lipinski definition) is 1. The van der Waals surface area contributed by atoms with Crippen molar-refractivity contribution in [3.63, 3.8) is 0 Å². The Labute approximate surface area is 134 Å². The van der Waals surface area contributed by atoms with Gasteiger partial charge in [0.2, 0.25) is 0 Å². The topological polar surface area (TPSA) is 68.5 Å². The molecule has 0 bridgehead atoms. The van der Waals surface area contributed by atoms with Gasteiger partial charge >= 0.3 is 5.97 Å². The fourth-order valence-electron chi connectivity index (χ4n) is 2.95. The zero-order valence-electron chi connectivity index (χ0n) is 13.0. The molecule has 0 fully saturated rings. The number of benzene rings is 1. The molecule has 3 rings (SSSR count). The molecular weight excluding hydrogens is 294 g/mol. The number of rotatable bonds is 4. The summed E-state index contributed by atoms with van der Waals surface area (Å²) in [6, 6.07) is 9.65.